The van der Waals surface area contributed by atoms with Gasteiger partial charge in [-0.3, -0.25) is 0 Å². The smallest absolute Gasteiger partial charge is 0.0290 e. The molecule has 2 aromatic carbocycles. The Kier molecular flexibility index (Phi) is 3.39. The molecule has 1 aliphatic heterocycles. The molecule has 1 aliphatic rings. The van der Waals surface area contributed by atoms with Gasteiger partial charge in [-0.1, -0.05) is 48.5 Å². The predicted molar refractivity (Wildman–Crippen MR) is 77.9 cm³/mol. The highest BCUT2D eigenvalue weighted by atomic mass is 32.2. The molecule has 0 aromatic heterocycles. The molecule has 0 spiro atoms. The molecule has 1 nitrogen and oxygen atoms in total. The van der Waals surface area contributed by atoms with Crippen molar-refractivity contribution in [1.82, 2.24) is 0 Å². The topological polar surface area (TPSA) is 26.0 Å². The number of thioether (sulfide) groups is 1. The Bertz CT molecular complexity index is 499. The third kappa shape index (κ3) is 2.45. The highest BCUT2D eigenvalue weighted by Crippen LogP contribution is 2.38. The average Bonchev–Trinajstić information content (AvgIpc) is 2.84. The first-order valence-electron chi connectivity index (χ1n) is 6.37. The summed E-state index contributed by atoms with van der Waals surface area (Å²) in [6.45, 7) is 0. The van der Waals surface area contributed by atoms with Crippen LogP contribution in [0.2, 0.25) is 0 Å². The van der Waals surface area contributed by atoms with Crippen molar-refractivity contribution < 1.29 is 0 Å². The Hall–Kier alpha value is -1.25. The average molecular weight is 255 g/mol. The molecule has 2 N–H and O–H groups in total. The van der Waals surface area contributed by atoms with Crippen LogP contribution in [0, 0.1) is 0 Å². The first kappa shape index (κ1) is 11.8. The van der Waals surface area contributed by atoms with E-state index in [2.05, 4.69) is 54.6 Å². The van der Waals surface area contributed by atoms with E-state index in [9.17, 15) is 0 Å². The second kappa shape index (κ2) is 5.17. The van der Waals surface area contributed by atoms with Crippen LogP contribution in [0.4, 0.5) is 0 Å². The van der Waals surface area contributed by atoms with Gasteiger partial charge < -0.3 is 5.73 Å². The number of benzene rings is 2. The molecule has 0 saturated carbocycles. The maximum Gasteiger partial charge on any atom is 0.0290 e. The summed E-state index contributed by atoms with van der Waals surface area (Å²) in [4.78, 5) is 1.41. The molecule has 18 heavy (non-hydrogen) atoms. The van der Waals surface area contributed by atoms with Gasteiger partial charge in [0.1, 0.15) is 0 Å². The second-order valence-corrected chi connectivity index (χ2v) is 6.10. The van der Waals surface area contributed by atoms with Crippen LogP contribution in [0.25, 0.3) is 0 Å². The largest absolute Gasteiger partial charge is 0.326 e. The monoisotopic (exact) mass is 255 g/mol. The molecule has 0 radical (unpaired) electrons. The van der Waals surface area contributed by atoms with Crippen molar-refractivity contribution in [2.75, 3.05) is 0 Å². The number of hydrogen-bond donors (Lipinski definition) is 1. The third-order valence-corrected chi connectivity index (χ3v) is 4.94. The summed E-state index contributed by atoms with van der Waals surface area (Å²) in [7, 11) is 0. The van der Waals surface area contributed by atoms with E-state index in [4.69, 9.17) is 5.73 Å². The van der Waals surface area contributed by atoms with Crippen LogP contribution in [0.15, 0.2) is 59.5 Å². The van der Waals surface area contributed by atoms with Crippen LogP contribution in [-0.4, -0.2) is 11.3 Å². The molecule has 1 heterocycles. The van der Waals surface area contributed by atoms with Crippen molar-refractivity contribution in [2.24, 2.45) is 5.73 Å². The molecule has 0 aliphatic carbocycles. The van der Waals surface area contributed by atoms with Crippen LogP contribution in [-0.2, 0) is 12.8 Å². The van der Waals surface area contributed by atoms with Gasteiger partial charge in [-0.15, -0.1) is 11.8 Å². The van der Waals surface area contributed by atoms with Gasteiger partial charge in [-0.05, 0) is 30.0 Å². The third-order valence-electron chi connectivity index (χ3n) is 3.46. The lowest BCUT2D eigenvalue weighted by molar-refractivity contribution is 0.632. The minimum Gasteiger partial charge on any atom is -0.326 e. The molecule has 0 bridgehead atoms. The van der Waals surface area contributed by atoms with Gasteiger partial charge in [0.05, 0.1) is 0 Å². The van der Waals surface area contributed by atoms with Gasteiger partial charge in [0, 0.05) is 16.2 Å². The van der Waals surface area contributed by atoms with Crippen molar-refractivity contribution in [3.05, 3.63) is 65.7 Å². The summed E-state index contributed by atoms with van der Waals surface area (Å²) >= 11 is 1.94. The predicted octanol–water partition coefficient (Wildman–Crippen LogP) is 3.27. The quantitative estimate of drug-likeness (QED) is 0.911. The van der Waals surface area contributed by atoms with Gasteiger partial charge in [0.25, 0.3) is 0 Å². The number of nitrogens with two attached hydrogens (primary N) is 1. The van der Waals surface area contributed by atoms with Crippen molar-refractivity contribution in [3.8, 4) is 0 Å². The van der Waals surface area contributed by atoms with E-state index in [0.29, 0.717) is 5.25 Å². The standard InChI is InChI=1S/C16H17NS/c17-14(10-12-6-2-1-3-7-12)16-11-13-8-4-5-9-15(13)18-16/h1-9,14,16H,10-11,17H2. The van der Waals surface area contributed by atoms with Gasteiger partial charge in [0.15, 0.2) is 0 Å². The lowest BCUT2D eigenvalue weighted by atomic mass is 10.00. The summed E-state index contributed by atoms with van der Waals surface area (Å²) in [5, 5.41) is 0.516. The van der Waals surface area contributed by atoms with E-state index in [0.717, 1.165) is 12.8 Å². The highest BCUT2D eigenvalue weighted by molar-refractivity contribution is 8.00. The van der Waals surface area contributed by atoms with E-state index >= 15 is 0 Å². The fourth-order valence-electron chi connectivity index (χ4n) is 2.47. The van der Waals surface area contributed by atoms with Crippen molar-refractivity contribution in [2.45, 2.75) is 29.0 Å². The molecule has 2 atom stereocenters. The Morgan fingerprint density at radius 3 is 2.56 bits per heavy atom. The zero-order valence-corrected chi connectivity index (χ0v) is 11.1. The van der Waals surface area contributed by atoms with Crippen LogP contribution >= 0.6 is 11.8 Å². The van der Waals surface area contributed by atoms with Gasteiger partial charge >= 0.3 is 0 Å². The van der Waals surface area contributed by atoms with E-state index in [1.807, 2.05) is 11.8 Å². The van der Waals surface area contributed by atoms with Gasteiger partial charge in [-0.25, -0.2) is 0 Å². The van der Waals surface area contributed by atoms with Crippen molar-refractivity contribution in [1.29, 1.82) is 0 Å². The lowest BCUT2D eigenvalue weighted by Gasteiger charge is -2.18. The van der Waals surface area contributed by atoms with E-state index in [1.54, 1.807) is 0 Å². The maximum atomic E-state index is 6.37. The molecule has 0 amide bonds. The fraction of sp³-hybridized carbons (Fsp3) is 0.250. The highest BCUT2D eigenvalue weighted by Gasteiger charge is 2.26. The Morgan fingerprint density at radius 1 is 1.06 bits per heavy atom. The minimum atomic E-state index is 0.227. The molecular formula is C16H17NS. The van der Waals surface area contributed by atoms with Crippen molar-refractivity contribution in [3.63, 3.8) is 0 Å². The molecule has 2 unspecified atom stereocenters. The first-order chi connectivity index (χ1) is 8.83. The lowest BCUT2D eigenvalue weighted by Crippen LogP contribution is -2.34. The molecule has 2 aromatic rings. The number of hydrogen-bond acceptors (Lipinski definition) is 2. The summed E-state index contributed by atoms with van der Waals surface area (Å²) in [5.74, 6) is 0. The fourth-order valence-corrected chi connectivity index (χ4v) is 3.79. The van der Waals surface area contributed by atoms with Crippen LogP contribution in [0.1, 0.15) is 11.1 Å². The Labute approximate surface area is 112 Å². The number of fused-ring (bicyclic) bond motifs is 1. The Balaban J connectivity index is 1.67. The van der Waals surface area contributed by atoms with Gasteiger partial charge in [0.2, 0.25) is 0 Å². The summed E-state index contributed by atoms with van der Waals surface area (Å²) < 4.78 is 0. The summed E-state index contributed by atoms with van der Waals surface area (Å²) in [6, 6.07) is 19.4. The molecular weight excluding hydrogens is 238 g/mol. The van der Waals surface area contributed by atoms with Crippen LogP contribution < -0.4 is 5.73 Å². The molecule has 2 heteroatoms. The summed E-state index contributed by atoms with van der Waals surface area (Å²) in [6.07, 6.45) is 2.07. The van der Waals surface area contributed by atoms with Gasteiger partial charge in [-0.2, -0.15) is 0 Å². The van der Waals surface area contributed by atoms with Crippen LogP contribution in [0.3, 0.4) is 0 Å². The van der Waals surface area contributed by atoms with Crippen LogP contribution in [0.5, 0.6) is 0 Å². The first-order valence-corrected chi connectivity index (χ1v) is 7.25. The molecule has 3 rings (SSSR count). The van der Waals surface area contributed by atoms with E-state index < -0.39 is 0 Å². The minimum absolute atomic E-state index is 0.227. The molecule has 0 fully saturated rings. The summed E-state index contributed by atoms with van der Waals surface area (Å²) in [5.41, 5.74) is 9.16. The van der Waals surface area contributed by atoms with E-state index in [-0.39, 0.29) is 6.04 Å². The molecule has 0 saturated heterocycles. The van der Waals surface area contributed by atoms with Crippen molar-refractivity contribution >= 4 is 11.8 Å². The van der Waals surface area contributed by atoms with E-state index in [1.165, 1.54) is 16.0 Å². The maximum absolute atomic E-state index is 6.37. The normalized spacial score (nSPS) is 19.5. The zero-order valence-electron chi connectivity index (χ0n) is 10.3. The number of rotatable bonds is 3. The second-order valence-electron chi connectivity index (χ2n) is 4.82. The molecule has 92 valence electrons. The zero-order chi connectivity index (χ0) is 12.4. The SMILES string of the molecule is NC(Cc1ccccc1)C1Cc2ccccc2S1. The Morgan fingerprint density at radius 2 is 1.78 bits per heavy atom.